The largest absolute Gasteiger partial charge is 0.481 e. The molecule has 1 fully saturated rings. The summed E-state index contributed by atoms with van der Waals surface area (Å²) < 4.78 is 5.78. The van der Waals surface area contributed by atoms with Gasteiger partial charge in [0, 0.05) is 44.3 Å². The average molecular weight is 325 g/mol. The summed E-state index contributed by atoms with van der Waals surface area (Å²) in [4.78, 5) is 20.8. The number of pyridine rings is 1. The number of anilines is 1. The summed E-state index contributed by atoms with van der Waals surface area (Å²) in [7, 11) is 0. The Balaban J connectivity index is 1.53. The Labute approximate surface area is 142 Å². The molecule has 0 bridgehead atoms. The fourth-order valence-corrected chi connectivity index (χ4v) is 2.87. The van der Waals surface area contributed by atoms with Crippen molar-refractivity contribution in [1.82, 2.24) is 9.88 Å². The van der Waals surface area contributed by atoms with E-state index in [-0.39, 0.29) is 5.91 Å². The van der Waals surface area contributed by atoms with E-state index >= 15 is 0 Å². The van der Waals surface area contributed by atoms with E-state index < -0.39 is 6.10 Å². The van der Waals surface area contributed by atoms with Crippen molar-refractivity contribution in [2.24, 2.45) is 0 Å². The van der Waals surface area contributed by atoms with Gasteiger partial charge in [0.05, 0.1) is 0 Å². The topological polar surface area (TPSA) is 45.7 Å². The highest BCUT2D eigenvalue weighted by Crippen LogP contribution is 2.17. The highest BCUT2D eigenvalue weighted by Gasteiger charge is 2.26. The van der Waals surface area contributed by atoms with E-state index in [1.807, 2.05) is 55.1 Å². The van der Waals surface area contributed by atoms with Gasteiger partial charge in [-0.2, -0.15) is 0 Å². The van der Waals surface area contributed by atoms with Gasteiger partial charge in [0.1, 0.15) is 5.75 Å². The molecule has 2 heterocycles. The third-order valence-electron chi connectivity index (χ3n) is 4.30. The molecule has 0 saturated carbocycles. The van der Waals surface area contributed by atoms with Crippen molar-refractivity contribution in [2.45, 2.75) is 20.0 Å². The van der Waals surface area contributed by atoms with E-state index in [0.717, 1.165) is 24.5 Å². The van der Waals surface area contributed by atoms with E-state index in [1.165, 1.54) is 5.56 Å². The van der Waals surface area contributed by atoms with Gasteiger partial charge in [-0.05, 0) is 38.1 Å². The van der Waals surface area contributed by atoms with Gasteiger partial charge in [0.15, 0.2) is 6.10 Å². The predicted molar refractivity (Wildman–Crippen MR) is 94.3 cm³/mol. The number of aromatic nitrogens is 1. The van der Waals surface area contributed by atoms with Crippen LogP contribution in [0.3, 0.4) is 0 Å². The quantitative estimate of drug-likeness (QED) is 0.866. The van der Waals surface area contributed by atoms with E-state index in [9.17, 15) is 4.79 Å². The Morgan fingerprint density at radius 3 is 2.29 bits per heavy atom. The lowest BCUT2D eigenvalue weighted by molar-refractivity contribution is -0.138. The number of amides is 1. The van der Waals surface area contributed by atoms with E-state index in [4.69, 9.17) is 4.74 Å². The van der Waals surface area contributed by atoms with Gasteiger partial charge in [0.25, 0.3) is 5.91 Å². The lowest BCUT2D eigenvalue weighted by Gasteiger charge is -2.37. The molecule has 0 N–H and O–H groups in total. The summed E-state index contributed by atoms with van der Waals surface area (Å²) in [6.07, 6.45) is 3.12. The van der Waals surface area contributed by atoms with Crippen LogP contribution >= 0.6 is 0 Å². The molecule has 1 aliphatic rings. The van der Waals surface area contributed by atoms with E-state index in [0.29, 0.717) is 13.1 Å². The Morgan fingerprint density at radius 2 is 1.67 bits per heavy atom. The molecule has 1 amide bonds. The summed E-state index contributed by atoms with van der Waals surface area (Å²) in [5.74, 6) is 0.779. The first-order valence-electron chi connectivity index (χ1n) is 8.30. The maximum absolute atomic E-state index is 12.6. The second kappa shape index (κ2) is 7.34. The molecule has 0 aliphatic carbocycles. The van der Waals surface area contributed by atoms with Crippen LogP contribution in [-0.4, -0.2) is 48.1 Å². The minimum atomic E-state index is -0.472. The third-order valence-corrected chi connectivity index (χ3v) is 4.30. The minimum absolute atomic E-state index is 0.0463. The van der Waals surface area contributed by atoms with Gasteiger partial charge in [0.2, 0.25) is 0 Å². The number of ether oxygens (including phenoxy) is 1. The van der Waals surface area contributed by atoms with Crippen LogP contribution in [0.2, 0.25) is 0 Å². The van der Waals surface area contributed by atoms with Gasteiger partial charge in [-0.1, -0.05) is 17.7 Å². The summed E-state index contributed by atoms with van der Waals surface area (Å²) >= 11 is 0. The van der Waals surface area contributed by atoms with Crippen molar-refractivity contribution in [3.05, 3.63) is 54.4 Å². The lowest BCUT2D eigenvalue weighted by Crippen LogP contribution is -2.52. The lowest BCUT2D eigenvalue weighted by atomic mass is 10.2. The highest BCUT2D eigenvalue weighted by molar-refractivity contribution is 5.81. The van der Waals surface area contributed by atoms with Gasteiger partial charge in [-0.15, -0.1) is 0 Å². The van der Waals surface area contributed by atoms with Crippen molar-refractivity contribution in [2.75, 3.05) is 31.1 Å². The monoisotopic (exact) mass is 325 g/mol. The second-order valence-electron chi connectivity index (χ2n) is 6.09. The Kier molecular flexibility index (Phi) is 4.99. The molecule has 24 heavy (non-hydrogen) atoms. The van der Waals surface area contributed by atoms with Crippen LogP contribution in [0.25, 0.3) is 0 Å². The van der Waals surface area contributed by atoms with E-state index in [2.05, 4.69) is 9.88 Å². The Morgan fingerprint density at radius 1 is 1.04 bits per heavy atom. The molecule has 2 aromatic rings. The molecule has 0 spiro atoms. The van der Waals surface area contributed by atoms with Crippen molar-refractivity contribution in [3.8, 4) is 5.75 Å². The smallest absolute Gasteiger partial charge is 0.263 e. The first kappa shape index (κ1) is 16.3. The number of aryl methyl sites for hydroxylation is 1. The number of benzene rings is 1. The molecule has 5 nitrogen and oxygen atoms in total. The normalized spacial score (nSPS) is 15.9. The molecule has 1 atom stereocenters. The molecule has 1 unspecified atom stereocenters. The number of hydrogen-bond acceptors (Lipinski definition) is 4. The summed E-state index contributed by atoms with van der Waals surface area (Å²) in [5, 5.41) is 0. The fourth-order valence-electron chi connectivity index (χ4n) is 2.87. The maximum atomic E-state index is 12.6. The van der Waals surface area contributed by atoms with Crippen molar-refractivity contribution < 1.29 is 9.53 Å². The van der Waals surface area contributed by atoms with Crippen LogP contribution in [0.1, 0.15) is 12.5 Å². The van der Waals surface area contributed by atoms with Gasteiger partial charge < -0.3 is 14.5 Å². The van der Waals surface area contributed by atoms with Gasteiger partial charge in [-0.25, -0.2) is 0 Å². The van der Waals surface area contributed by atoms with Crippen LogP contribution < -0.4 is 9.64 Å². The van der Waals surface area contributed by atoms with Crippen LogP contribution in [0, 0.1) is 6.92 Å². The van der Waals surface area contributed by atoms with Gasteiger partial charge in [-0.3, -0.25) is 9.78 Å². The predicted octanol–water partition coefficient (Wildman–Crippen LogP) is 2.51. The molecule has 126 valence electrons. The number of piperazine rings is 1. The Bertz CT molecular complexity index is 665. The van der Waals surface area contributed by atoms with Crippen molar-refractivity contribution in [3.63, 3.8) is 0 Å². The zero-order valence-corrected chi connectivity index (χ0v) is 14.2. The Hall–Kier alpha value is -2.56. The molecule has 1 aromatic carbocycles. The maximum Gasteiger partial charge on any atom is 0.263 e. The van der Waals surface area contributed by atoms with Crippen LogP contribution in [0.5, 0.6) is 5.75 Å². The number of nitrogens with zero attached hydrogens (tertiary/aromatic N) is 3. The molecular formula is C19H23N3O2. The third kappa shape index (κ3) is 3.85. The summed E-state index contributed by atoms with van der Waals surface area (Å²) in [5.41, 5.74) is 2.33. The molecule has 1 saturated heterocycles. The minimum Gasteiger partial charge on any atom is -0.481 e. The molecule has 1 aliphatic heterocycles. The number of carbonyl (C=O) groups excluding carboxylic acids is 1. The zero-order valence-electron chi connectivity index (χ0n) is 14.2. The molecular weight excluding hydrogens is 302 g/mol. The molecule has 0 radical (unpaired) electrons. The number of carbonyl (C=O) groups is 1. The molecule has 5 heteroatoms. The molecule has 3 rings (SSSR count). The SMILES string of the molecule is Cc1ccc(OC(C)C(=O)N2CCN(c3ccncc3)CC2)cc1. The summed E-state index contributed by atoms with van der Waals surface area (Å²) in [6, 6.07) is 11.8. The highest BCUT2D eigenvalue weighted by atomic mass is 16.5. The summed E-state index contributed by atoms with van der Waals surface area (Å²) in [6.45, 7) is 6.92. The fraction of sp³-hybridized carbons (Fsp3) is 0.368. The van der Waals surface area contributed by atoms with Crippen LogP contribution in [0.15, 0.2) is 48.8 Å². The van der Waals surface area contributed by atoms with Crippen molar-refractivity contribution in [1.29, 1.82) is 0 Å². The number of rotatable bonds is 4. The first-order chi connectivity index (χ1) is 11.6. The second-order valence-corrected chi connectivity index (χ2v) is 6.09. The zero-order chi connectivity index (χ0) is 16.9. The first-order valence-corrected chi connectivity index (χ1v) is 8.30. The van der Waals surface area contributed by atoms with Gasteiger partial charge >= 0.3 is 0 Å². The average Bonchev–Trinajstić information content (AvgIpc) is 2.64. The number of hydrogen-bond donors (Lipinski definition) is 0. The van der Waals surface area contributed by atoms with Crippen LogP contribution in [-0.2, 0) is 4.79 Å². The molecule has 1 aromatic heterocycles. The van der Waals surface area contributed by atoms with E-state index in [1.54, 1.807) is 12.4 Å². The van der Waals surface area contributed by atoms with Crippen LogP contribution in [0.4, 0.5) is 5.69 Å². The van der Waals surface area contributed by atoms with Crippen molar-refractivity contribution >= 4 is 11.6 Å². The standard InChI is InChI=1S/C19H23N3O2/c1-15-3-5-18(6-4-15)24-16(2)19(23)22-13-11-21(12-14-22)17-7-9-20-10-8-17/h3-10,16H,11-14H2,1-2H3.